The number of nitrogens with two attached hydrogens (primary N) is 1. The van der Waals surface area contributed by atoms with E-state index in [1.807, 2.05) is 0 Å². The van der Waals surface area contributed by atoms with Gasteiger partial charge in [0.1, 0.15) is 0 Å². The number of hydrogen-bond donors (Lipinski definition) is 2. The summed E-state index contributed by atoms with van der Waals surface area (Å²) in [6.07, 6.45) is 1.97. The molecule has 21 heavy (non-hydrogen) atoms. The highest BCUT2D eigenvalue weighted by molar-refractivity contribution is 7.89. The second-order valence-electron chi connectivity index (χ2n) is 4.72. The predicted octanol–water partition coefficient (Wildman–Crippen LogP) is 1.69. The molecular formula is C11H15Cl2N3O4S. The highest BCUT2D eigenvalue weighted by Gasteiger charge is 2.31. The van der Waals surface area contributed by atoms with Gasteiger partial charge in [0.15, 0.2) is 4.90 Å². The molecule has 1 unspecified atom stereocenters. The number of sulfonamides is 1. The minimum Gasteiger partial charge on any atom is -0.326 e. The van der Waals surface area contributed by atoms with Crippen LogP contribution < -0.4 is 10.5 Å². The minimum atomic E-state index is -4.02. The van der Waals surface area contributed by atoms with Crippen molar-refractivity contribution in [1.29, 1.82) is 0 Å². The number of rotatable bonds is 6. The van der Waals surface area contributed by atoms with Crippen molar-refractivity contribution in [2.24, 2.45) is 11.7 Å². The lowest BCUT2D eigenvalue weighted by molar-refractivity contribution is -0.387. The maximum absolute atomic E-state index is 12.1. The van der Waals surface area contributed by atoms with Crippen molar-refractivity contribution in [2.45, 2.75) is 23.8 Å². The van der Waals surface area contributed by atoms with E-state index in [4.69, 9.17) is 17.3 Å². The lowest BCUT2D eigenvalue weighted by atomic mass is 10.2. The topological polar surface area (TPSA) is 115 Å². The summed E-state index contributed by atoms with van der Waals surface area (Å²) in [6, 6.07) is 3.12. The van der Waals surface area contributed by atoms with Gasteiger partial charge >= 0.3 is 0 Å². The van der Waals surface area contributed by atoms with Gasteiger partial charge in [-0.15, -0.1) is 12.4 Å². The highest BCUT2D eigenvalue weighted by Crippen LogP contribution is 2.31. The zero-order valence-electron chi connectivity index (χ0n) is 10.9. The Balaban J connectivity index is 0.00000220. The van der Waals surface area contributed by atoms with Gasteiger partial charge in [-0.25, -0.2) is 13.1 Å². The molecule has 3 N–H and O–H groups in total. The molecule has 0 amide bonds. The van der Waals surface area contributed by atoms with Gasteiger partial charge in [0, 0.05) is 23.7 Å². The predicted molar refractivity (Wildman–Crippen MR) is 81.2 cm³/mol. The van der Waals surface area contributed by atoms with Crippen LogP contribution in [-0.4, -0.2) is 25.9 Å². The average Bonchev–Trinajstić information content (AvgIpc) is 3.20. The van der Waals surface area contributed by atoms with E-state index in [0.717, 1.165) is 25.0 Å². The molecule has 2 rings (SSSR count). The van der Waals surface area contributed by atoms with Gasteiger partial charge in [-0.1, -0.05) is 11.6 Å². The summed E-state index contributed by atoms with van der Waals surface area (Å²) in [5.74, 6) is 0.326. The van der Waals surface area contributed by atoms with Crippen LogP contribution in [0.5, 0.6) is 0 Å². The fourth-order valence-electron chi connectivity index (χ4n) is 1.83. The third-order valence-corrected chi connectivity index (χ3v) is 4.83. The Morgan fingerprint density at radius 2 is 2.10 bits per heavy atom. The largest absolute Gasteiger partial charge is 0.326 e. The van der Waals surface area contributed by atoms with E-state index >= 15 is 0 Å². The SMILES string of the molecule is Cl.NC(CNS(=O)(=O)c1cc(Cl)ccc1[N+](=O)[O-])C1CC1. The molecule has 0 aromatic heterocycles. The fourth-order valence-corrected chi connectivity index (χ4v) is 3.33. The summed E-state index contributed by atoms with van der Waals surface area (Å²) in [5.41, 5.74) is 5.29. The average molecular weight is 356 g/mol. The van der Waals surface area contributed by atoms with Crippen LogP contribution in [0.1, 0.15) is 12.8 Å². The number of nitro groups is 1. The number of nitrogens with zero attached hydrogens (tertiary/aromatic N) is 1. The van der Waals surface area contributed by atoms with Gasteiger partial charge in [0.25, 0.3) is 5.69 Å². The monoisotopic (exact) mass is 355 g/mol. The summed E-state index contributed by atoms with van der Waals surface area (Å²) in [4.78, 5) is 9.68. The molecule has 0 radical (unpaired) electrons. The first-order valence-corrected chi connectivity index (χ1v) is 7.86. The van der Waals surface area contributed by atoms with E-state index in [9.17, 15) is 18.5 Å². The van der Waals surface area contributed by atoms with Crippen LogP contribution in [0.3, 0.4) is 0 Å². The van der Waals surface area contributed by atoms with Gasteiger partial charge in [-0.3, -0.25) is 10.1 Å². The molecule has 0 bridgehead atoms. The van der Waals surface area contributed by atoms with E-state index < -0.39 is 25.5 Å². The molecule has 1 aromatic carbocycles. The molecule has 10 heteroatoms. The zero-order chi connectivity index (χ0) is 14.9. The number of benzene rings is 1. The molecule has 1 fully saturated rings. The summed E-state index contributed by atoms with van der Waals surface area (Å²) in [6.45, 7) is 0.0522. The molecule has 1 atom stereocenters. The third-order valence-electron chi connectivity index (χ3n) is 3.14. The Morgan fingerprint density at radius 3 is 2.62 bits per heavy atom. The molecule has 1 saturated carbocycles. The van der Waals surface area contributed by atoms with Crippen molar-refractivity contribution in [3.05, 3.63) is 33.3 Å². The summed E-state index contributed by atoms with van der Waals surface area (Å²) >= 11 is 5.71. The van der Waals surface area contributed by atoms with Crippen LogP contribution in [-0.2, 0) is 10.0 Å². The van der Waals surface area contributed by atoms with Gasteiger partial charge in [0.2, 0.25) is 10.0 Å². The number of nitrogens with one attached hydrogen (secondary N) is 1. The number of halogens is 2. The maximum Gasteiger partial charge on any atom is 0.289 e. The van der Waals surface area contributed by atoms with Crippen molar-refractivity contribution < 1.29 is 13.3 Å². The van der Waals surface area contributed by atoms with Crippen LogP contribution in [0, 0.1) is 16.0 Å². The van der Waals surface area contributed by atoms with E-state index in [1.54, 1.807) is 0 Å². The molecule has 1 aromatic rings. The lowest BCUT2D eigenvalue weighted by Crippen LogP contribution is -2.38. The van der Waals surface area contributed by atoms with Gasteiger partial charge in [-0.2, -0.15) is 0 Å². The highest BCUT2D eigenvalue weighted by atomic mass is 35.5. The molecule has 1 aliphatic carbocycles. The Kier molecular flexibility index (Phi) is 5.94. The van der Waals surface area contributed by atoms with Crippen molar-refractivity contribution >= 4 is 39.7 Å². The summed E-state index contributed by atoms with van der Waals surface area (Å²) in [7, 11) is -4.02. The molecule has 0 spiro atoms. The van der Waals surface area contributed by atoms with E-state index in [0.29, 0.717) is 5.92 Å². The van der Waals surface area contributed by atoms with Gasteiger partial charge < -0.3 is 5.73 Å². The van der Waals surface area contributed by atoms with Crippen molar-refractivity contribution in [3.63, 3.8) is 0 Å². The molecule has 0 aliphatic heterocycles. The van der Waals surface area contributed by atoms with Crippen molar-refractivity contribution in [3.8, 4) is 0 Å². The molecule has 0 saturated heterocycles. The van der Waals surface area contributed by atoms with Crippen LogP contribution in [0.15, 0.2) is 23.1 Å². The van der Waals surface area contributed by atoms with Crippen molar-refractivity contribution in [1.82, 2.24) is 4.72 Å². The van der Waals surface area contributed by atoms with Gasteiger partial charge in [-0.05, 0) is 30.9 Å². The molecule has 1 aliphatic rings. The van der Waals surface area contributed by atoms with Gasteiger partial charge in [0.05, 0.1) is 4.92 Å². The minimum absolute atomic E-state index is 0. The van der Waals surface area contributed by atoms with Crippen LogP contribution in [0.2, 0.25) is 5.02 Å². The van der Waals surface area contributed by atoms with E-state index in [-0.39, 0.29) is 30.0 Å². The molecule has 118 valence electrons. The molecular weight excluding hydrogens is 341 g/mol. The second-order valence-corrected chi connectivity index (χ2v) is 6.89. The fraction of sp³-hybridized carbons (Fsp3) is 0.455. The second kappa shape index (κ2) is 6.89. The zero-order valence-corrected chi connectivity index (χ0v) is 13.2. The molecule has 7 nitrogen and oxygen atoms in total. The summed E-state index contributed by atoms with van der Waals surface area (Å²) < 4.78 is 26.6. The summed E-state index contributed by atoms with van der Waals surface area (Å²) in [5, 5.41) is 11.0. The van der Waals surface area contributed by atoms with E-state index in [2.05, 4.69) is 4.72 Å². The smallest absolute Gasteiger partial charge is 0.289 e. The first kappa shape index (κ1) is 18.1. The quantitative estimate of drug-likeness (QED) is 0.594. The Bertz CT molecular complexity index is 634. The van der Waals surface area contributed by atoms with Crippen LogP contribution >= 0.6 is 24.0 Å². The normalized spacial score (nSPS) is 16.1. The standard InChI is InChI=1S/C11H14ClN3O4S.ClH/c12-8-3-4-10(15(16)17)11(5-8)20(18,19)14-6-9(13)7-1-2-7;/h3-5,7,9,14H,1-2,6,13H2;1H. The Morgan fingerprint density at radius 1 is 1.48 bits per heavy atom. The third kappa shape index (κ3) is 4.52. The maximum atomic E-state index is 12.1. The Labute approximate surface area is 133 Å². The first-order chi connectivity index (χ1) is 9.31. The van der Waals surface area contributed by atoms with Crippen LogP contribution in [0.4, 0.5) is 5.69 Å². The molecule has 0 heterocycles. The first-order valence-electron chi connectivity index (χ1n) is 6.00. The van der Waals surface area contributed by atoms with Crippen molar-refractivity contribution in [2.75, 3.05) is 6.54 Å². The Hall–Kier alpha value is -0.930. The number of hydrogen-bond acceptors (Lipinski definition) is 5. The van der Waals surface area contributed by atoms with Crippen LogP contribution in [0.25, 0.3) is 0 Å². The number of nitro benzene ring substituents is 1. The lowest BCUT2D eigenvalue weighted by Gasteiger charge is -2.12. The van der Waals surface area contributed by atoms with E-state index in [1.165, 1.54) is 6.07 Å².